The number of nitrogens with one attached hydrogen (secondary N) is 1. The molecule has 0 aliphatic rings. The third kappa shape index (κ3) is 4.23. The quantitative estimate of drug-likeness (QED) is 0.316. The Kier molecular flexibility index (Phi) is 6.43. The minimum Gasteiger partial charge on any atom is -0.493 e. The van der Waals surface area contributed by atoms with Gasteiger partial charge in [0.15, 0.2) is 11.5 Å². The van der Waals surface area contributed by atoms with Crippen LogP contribution in [0.4, 0.5) is 36.4 Å². The van der Waals surface area contributed by atoms with E-state index >= 15 is 0 Å². The molecule has 0 bridgehead atoms. The van der Waals surface area contributed by atoms with Gasteiger partial charge in [-0.3, -0.25) is 14.9 Å². The summed E-state index contributed by atoms with van der Waals surface area (Å²) < 4.78 is 97.5. The minimum atomic E-state index is -6.71. The smallest absolute Gasteiger partial charge is 0.460 e. The highest BCUT2D eigenvalue weighted by Crippen LogP contribution is 2.46. The van der Waals surface area contributed by atoms with E-state index in [2.05, 4.69) is 5.10 Å². The highest BCUT2D eigenvalue weighted by molar-refractivity contribution is 5.89. The molecule has 0 aliphatic carbocycles. The molecule has 0 heterocycles. The number of alkyl halides is 7. The second kappa shape index (κ2) is 7.85. The molecule has 0 unspecified atom stereocenters. The number of methoxy groups -OCH3 is 2. The molecule has 1 aromatic rings. The lowest BCUT2D eigenvalue weighted by Gasteiger charge is -2.26. The molecular formula is C13H10F7N3O5. The molecule has 0 saturated heterocycles. The zero-order valence-corrected chi connectivity index (χ0v) is 13.8. The van der Waals surface area contributed by atoms with E-state index in [1.54, 1.807) is 0 Å². The second-order valence-corrected chi connectivity index (χ2v) is 4.87. The third-order valence-corrected chi connectivity index (χ3v) is 3.13. The van der Waals surface area contributed by atoms with E-state index < -0.39 is 40.1 Å². The molecule has 0 saturated carbocycles. The van der Waals surface area contributed by atoms with Crippen molar-refractivity contribution >= 4 is 17.8 Å². The van der Waals surface area contributed by atoms with Gasteiger partial charge in [-0.05, 0) is 6.07 Å². The molecule has 0 atom stereocenters. The maximum absolute atomic E-state index is 13.1. The third-order valence-electron chi connectivity index (χ3n) is 3.13. The zero-order valence-electron chi connectivity index (χ0n) is 13.8. The summed E-state index contributed by atoms with van der Waals surface area (Å²) in [4.78, 5) is 21.1. The molecule has 0 aliphatic heterocycles. The van der Waals surface area contributed by atoms with Crippen molar-refractivity contribution in [3.05, 3.63) is 27.8 Å². The summed E-state index contributed by atoms with van der Waals surface area (Å²) in [5.41, 5.74) is -0.396. The van der Waals surface area contributed by atoms with E-state index in [1.165, 1.54) is 0 Å². The highest BCUT2D eigenvalue weighted by Gasteiger charge is 2.76. The number of nitrogens with zero attached hydrogens (tertiary/aromatic N) is 2. The number of benzene rings is 1. The Morgan fingerprint density at radius 2 is 1.61 bits per heavy atom. The van der Waals surface area contributed by atoms with E-state index in [9.17, 15) is 45.6 Å². The maximum Gasteiger partial charge on any atom is 0.460 e. The summed E-state index contributed by atoms with van der Waals surface area (Å²) in [6.07, 6.45) is -6.33. The number of nitro benzene ring substituents is 1. The number of hydrogen-bond acceptors (Lipinski definition) is 6. The first kappa shape index (κ1) is 22.9. The normalized spacial score (nSPS) is 12.8. The number of amides is 1. The fourth-order valence-corrected chi connectivity index (χ4v) is 1.70. The predicted molar refractivity (Wildman–Crippen MR) is 77.9 cm³/mol. The minimum absolute atomic E-state index is 0.0881. The van der Waals surface area contributed by atoms with Crippen molar-refractivity contribution in [1.82, 2.24) is 5.43 Å². The van der Waals surface area contributed by atoms with Gasteiger partial charge in [0, 0.05) is 0 Å². The van der Waals surface area contributed by atoms with Crippen LogP contribution in [-0.2, 0) is 4.79 Å². The van der Waals surface area contributed by atoms with E-state index in [0.717, 1.165) is 31.8 Å². The summed E-state index contributed by atoms with van der Waals surface area (Å²) in [5.74, 6) is -16.1. The Balaban J connectivity index is 3.16. The van der Waals surface area contributed by atoms with Crippen LogP contribution < -0.4 is 14.9 Å². The van der Waals surface area contributed by atoms with E-state index in [-0.39, 0.29) is 11.5 Å². The van der Waals surface area contributed by atoms with Gasteiger partial charge in [0.1, 0.15) is 0 Å². The molecule has 0 aromatic heterocycles. The molecule has 28 heavy (non-hydrogen) atoms. The predicted octanol–water partition coefficient (Wildman–Crippen LogP) is 2.90. The molecule has 0 spiro atoms. The van der Waals surface area contributed by atoms with Gasteiger partial charge >= 0.3 is 23.9 Å². The Labute approximate surface area is 151 Å². The monoisotopic (exact) mass is 421 g/mol. The summed E-state index contributed by atoms with van der Waals surface area (Å²) in [5, 5.41) is 13.8. The van der Waals surface area contributed by atoms with Crippen molar-refractivity contribution in [3.8, 4) is 11.5 Å². The molecule has 1 N–H and O–H groups in total. The SMILES string of the molecule is COc1cc(/C=N/NC(=O)C(F)(F)C(F)(F)C(F)(F)F)c([N+](=O)[O-])cc1OC. The first-order valence-corrected chi connectivity index (χ1v) is 6.77. The van der Waals surface area contributed by atoms with E-state index in [0.29, 0.717) is 6.21 Å². The Morgan fingerprint density at radius 1 is 1.11 bits per heavy atom. The molecule has 1 rings (SSSR count). The lowest BCUT2D eigenvalue weighted by Crippen LogP contribution is -2.58. The van der Waals surface area contributed by atoms with Gasteiger partial charge in [0.2, 0.25) is 0 Å². The highest BCUT2D eigenvalue weighted by atomic mass is 19.4. The first-order valence-electron chi connectivity index (χ1n) is 6.77. The second-order valence-electron chi connectivity index (χ2n) is 4.87. The van der Waals surface area contributed by atoms with Gasteiger partial charge < -0.3 is 9.47 Å². The molecule has 1 amide bonds. The van der Waals surface area contributed by atoms with Gasteiger partial charge in [-0.1, -0.05) is 0 Å². The fraction of sp³-hybridized carbons (Fsp3) is 0.385. The van der Waals surface area contributed by atoms with Gasteiger partial charge in [0.25, 0.3) is 5.69 Å². The van der Waals surface area contributed by atoms with Gasteiger partial charge in [0.05, 0.1) is 37.0 Å². The van der Waals surface area contributed by atoms with Crippen molar-refractivity contribution in [2.24, 2.45) is 5.10 Å². The summed E-state index contributed by atoms with van der Waals surface area (Å²) in [7, 11) is 2.30. The van der Waals surface area contributed by atoms with Crippen molar-refractivity contribution in [2.45, 2.75) is 18.0 Å². The average Bonchev–Trinajstić information content (AvgIpc) is 2.59. The number of nitro groups is 1. The number of ether oxygens (including phenoxy) is 2. The summed E-state index contributed by atoms with van der Waals surface area (Å²) in [6.45, 7) is 0. The topological polar surface area (TPSA) is 103 Å². The largest absolute Gasteiger partial charge is 0.493 e. The van der Waals surface area contributed by atoms with Crippen molar-refractivity contribution in [1.29, 1.82) is 0 Å². The van der Waals surface area contributed by atoms with Gasteiger partial charge in [-0.2, -0.15) is 35.8 Å². The number of rotatable bonds is 7. The van der Waals surface area contributed by atoms with Crippen LogP contribution in [-0.4, -0.2) is 49.3 Å². The first-order chi connectivity index (χ1) is 12.7. The van der Waals surface area contributed by atoms with E-state index in [1.807, 2.05) is 0 Å². The number of carbonyl (C=O) groups is 1. The number of hydrazone groups is 1. The molecule has 15 heteroatoms. The fourth-order valence-electron chi connectivity index (χ4n) is 1.70. The molecule has 8 nitrogen and oxygen atoms in total. The van der Waals surface area contributed by atoms with Crippen LogP contribution in [0.5, 0.6) is 11.5 Å². The Hall–Kier alpha value is -3.13. The van der Waals surface area contributed by atoms with Crippen molar-refractivity contribution in [2.75, 3.05) is 14.2 Å². The van der Waals surface area contributed by atoms with Crippen molar-refractivity contribution in [3.63, 3.8) is 0 Å². The molecule has 0 radical (unpaired) electrons. The Bertz CT molecular complexity index is 795. The Morgan fingerprint density at radius 3 is 2.04 bits per heavy atom. The van der Waals surface area contributed by atoms with Crippen LogP contribution in [0.1, 0.15) is 5.56 Å². The standard InChI is InChI=1S/C13H10F7N3O5/c1-27-8-3-6(7(23(25)26)4-9(8)28-2)5-21-22-10(24)11(14,15)12(16,17)13(18,19)20/h3-5H,1-2H3,(H,22,24)/b21-5+. The summed E-state index contributed by atoms with van der Waals surface area (Å²) in [6, 6.07) is 1.77. The van der Waals surface area contributed by atoms with E-state index in [4.69, 9.17) is 9.47 Å². The zero-order chi connectivity index (χ0) is 21.9. The lowest BCUT2D eigenvalue weighted by atomic mass is 10.1. The summed E-state index contributed by atoms with van der Waals surface area (Å²) >= 11 is 0. The van der Waals surface area contributed by atoms with Crippen LogP contribution in [0.3, 0.4) is 0 Å². The molecular weight excluding hydrogens is 411 g/mol. The van der Waals surface area contributed by atoms with Crippen LogP contribution in [0.2, 0.25) is 0 Å². The lowest BCUT2D eigenvalue weighted by molar-refractivity contribution is -0.385. The average molecular weight is 421 g/mol. The number of hydrogen-bond donors (Lipinski definition) is 1. The van der Waals surface area contributed by atoms with Crippen LogP contribution in [0.15, 0.2) is 17.2 Å². The van der Waals surface area contributed by atoms with Crippen LogP contribution >= 0.6 is 0 Å². The van der Waals surface area contributed by atoms with Gasteiger partial charge in [-0.25, -0.2) is 5.43 Å². The molecule has 0 fully saturated rings. The number of carbonyl (C=O) groups excluding carboxylic acids is 1. The maximum atomic E-state index is 13.1. The van der Waals surface area contributed by atoms with Crippen molar-refractivity contribution < 1.29 is 49.9 Å². The number of halogens is 7. The van der Waals surface area contributed by atoms with Gasteiger partial charge in [-0.15, -0.1) is 0 Å². The van der Waals surface area contributed by atoms with Crippen LogP contribution in [0.25, 0.3) is 0 Å². The molecule has 1 aromatic carbocycles. The van der Waals surface area contributed by atoms with Crippen LogP contribution in [0, 0.1) is 10.1 Å². The molecule has 156 valence electrons.